The van der Waals surface area contributed by atoms with Crippen molar-refractivity contribution in [1.29, 1.82) is 0 Å². The third-order valence-corrected chi connectivity index (χ3v) is 3.96. The van der Waals surface area contributed by atoms with Gasteiger partial charge in [0, 0.05) is 23.7 Å². The first-order valence-corrected chi connectivity index (χ1v) is 8.00. The highest BCUT2D eigenvalue weighted by Crippen LogP contribution is 2.09. The molecule has 1 heterocycles. The average Bonchev–Trinajstić information content (AvgIpc) is 2.37. The van der Waals surface area contributed by atoms with Gasteiger partial charge < -0.3 is 10.3 Å². The van der Waals surface area contributed by atoms with Crippen LogP contribution in [0, 0.1) is 12.8 Å². The van der Waals surface area contributed by atoms with Crippen LogP contribution in [0.3, 0.4) is 0 Å². The van der Waals surface area contributed by atoms with E-state index in [0.29, 0.717) is 35.2 Å². The number of carbonyl (C=O) groups is 1. The zero-order valence-electron chi connectivity index (χ0n) is 12.7. The van der Waals surface area contributed by atoms with Gasteiger partial charge in [-0.2, -0.15) is 0 Å². The maximum absolute atomic E-state index is 11.9. The van der Waals surface area contributed by atoms with Crippen LogP contribution in [-0.4, -0.2) is 28.2 Å². The topological polar surface area (TPSA) is 74.8 Å². The number of aromatic nitrogens is 2. The molecule has 1 unspecified atom stereocenters. The van der Waals surface area contributed by atoms with E-state index in [9.17, 15) is 9.59 Å². The van der Waals surface area contributed by atoms with E-state index in [1.807, 2.05) is 13.2 Å². The molecule has 20 heavy (non-hydrogen) atoms. The van der Waals surface area contributed by atoms with Gasteiger partial charge in [0.05, 0.1) is 0 Å². The van der Waals surface area contributed by atoms with Gasteiger partial charge in [-0.3, -0.25) is 9.59 Å². The van der Waals surface area contributed by atoms with Gasteiger partial charge in [0.15, 0.2) is 5.16 Å². The van der Waals surface area contributed by atoms with Crippen LogP contribution in [0.2, 0.25) is 0 Å². The minimum Gasteiger partial charge on any atom is -0.353 e. The zero-order chi connectivity index (χ0) is 15.3. The minimum absolute atomic E-state index is 0.0288. The van der Waals surface area contributed by atoms with Crippen molar-refractivity contribution in [3.05, 3.63) is 21.6 Å². The maximum atomic E-state index is 11.9. The number of carbonyl (C=O) groups excluding carboxylic acids is 1. The summed E-state index contributed by atoms with van der Waals surface area (Å²) in [6.07, 6.45) is 2.58. The monoisotopic (exact) mass is 297 g/mol. The number of rotatable bonds is 6. The lowest BCUT2D eigenvalue weighted by Crippen LogP contribution is -2.36. The summed E-state index contributed by atoms with van der Waals surface area (Å²) in [6.45, 7) is 7.91. The van der Waals surface area contributed by atoms with Crippen molar-refractivity contribution in [2.75, 3.05) is 6.26 Å². The molecule has 2 N–H and O–H groups in total. The molecule has 0 saturated carbocycles. The number of H-pyrrole nitrogens is 1. The lowest BCUT2D eigenvalue weighted by molar-refractivity contribution is -0.121. The summed E-state index contributed by atoms with van der Waals surface area (Å²) in [5.74, 6) is 0.366. The smallest absolute Gasteiger partial charge is 0.254 e. The van der Waals surface area contributed by atoms with Crippen molar-refractivity contribution in [2.24, 2.45) is 5.92 Å². The number of aryl methyl sites for hydroxylation is 1. The van der Waals surface area contributed by atoms with Gasteiger partial charge in [0.25, 0.3) is 5.56 Å². The summed E-state index contributed by atoms with van der Waals surface area (Å²) in [5.41, 5.74) is 1.14. The second-order valence-electron chi connectivity index (χ2n) is 5.24. The fraction of sp³-hybridized carbons (Fsp3) is 0.643. The van der Waals surface area contributed by atoms with E-state index in [2.05, 4.69) is 29.1 Å². The standard InChI is InChI=1S/C14H23N3O2S/c1-8(2)9(3)15-12(18)7-6-11-10(4)16-14(20-5)17-13(11)19/h8-9H,6-7H2,1-5H3,(H,15,18)(H,16,17,19). The Balaban J connectivity index is 2.67. The van der Waals surface area contributed by atoms with E-state index in [4.69, 9.17) is 0 Å². The quantitative estimate of drug-likeness (QED) is 0.621. The summed E-state index contributed by atoms with van der Waals surface area (Å²) in [6, 6.07) is 0.138. The highest BCUT2D eigenvalue weighted by Gasteiger charge is 2.13. The first-order chi connectivity index (χ1) is 9.35. The zero-order valence-corrected chi connectivity index (χ0v) is 13.6. The van der Waals surface area contributed by atoms with Crippen molar-refractivity contribution >= 4 is 17.7 Å². The molecule has 0 aromatic carbocycles. The van der Waals surface area contributed by atoms with E-state index in [1.54, 1.807) is 6.92 Å². The van der Waals surface area contributed by atoms with E-state index in [0.717, 1.165) is 0 Å². The number of hydrogen-bond acceptors (Lipinski definition) is 4. The molecule has 1 aromatic rings. The van der Waals surface area contributed by atoms with Crippen molar-refractivity contribution in [2.45, 2.75) is 51.7 Å². The summed E-state index contributed by atoms with van der Waals surface area (Å²) >= 11 is 1.40. The van der Waals surface area contributed by atoms with Crippen molar-refractivity contribution in [1.82, 2.24) is 15.3 Å². The molecule has 0 radical (unpaired) electrons. The molecule has 0 bridgehead atoms. The number of nitrogens with zero attached hydrogens (tertiary/aromatic N) is 1. The van der Waals surface area contributed by atoms with Gasteiger partial charge >= 0.3 is 0 Å². The second-order valence-corrected chi connectivity index (χ2v) is 6.03. The summed E-state index contributed by atoms with van der Waals surface area (Å²) in [7, 11) is 0. The fourth-order valence-electron chi connectivity index (χ4n) is 1.71. The molecule has 1 atom stereocenters. The Kier molecular flexibility index (Phi) is 6.26. The molecule has 112 valence electrons. The SMILES string of the molecule is CSc1nc(C)c(CCC(=O)NC(C)C(C)C)c(=O)[nH]1. The minimum atomic E-state index is -0.147. The van der Waals surface area contributed by atoms with Crippen LogP contribution in [0.1, 0.15) is 38.4 Å². The van der Waals surface area contributed by atoms with Crippen molar-refractivity contribution < 1.29 is 4.79 Å². The molecule has 6 heteroatoms. The third-order valence-electron chi connectivity index (χ3n) is 3.38. The lowest BCUT2D eigenvalue weighted by atomic mass is 10.1. The molecule has 1 rings (SSSR count). The Bertz CT molecular complexity index is 526. The Morgan fingerprint density at radius 2 is 2.05 bits per heavy atom. The Morgan fingerprint density at radius 1 is 1.40 bits per heavy atom. The molecule has 0 spiro atoms. The van der Waals surface area contributed by atoms with Gasteiger partial charge in [0.2, 0.25) is 5.91 Å². The largest absolute Gasteiger partial charge is 0.353 e. The van der Waals surface area contributed by atoms with Crippen molar-refractivity contribution in [3.8, 4) is 0 Å². The van der Waals surface area contributed by atoms with E-state index >= 15 is 0 Å². The lowest BCUT2D eigenvalue weighted by Gasteiger charge is -2.17. The van der Waals surface area contributed by atoms with Gasteiger partial charge in [0.1, 0.15) is 0 Å². The van der Waals surface area contributed by atoms with E-state index in [-0.39, 0.29) is 17.5 Å². The summed E-state index contributed by atoms with van der Waals surface area (Å²) in [4.78, 5) is 30.8. The van der Waals surface area contributed by atoms with E-state index < -0.39 is 0 Å². The second kappa shape index (κ2) is 7.47. The molecule has 0 aliphatic carbocycles. The molecule has 0 aliphatic rings. The summed E-state index contributed by atoms with van der Waals surface area (Å²) < 4.78 is 0. The Hall–Kier alpha value is -1.30. The number of hydrogen-bond donors (Lipinski definition) is 2. The average molecular weight is 297 g/mol. The first-order valence-electron chi connectivity index (χ1n) is 6.78. The van der Waals surface area contributed by atoms with Crippen LogP contribution < -0.4 is 10.9 Å². The molecule has 1 amide bonds. The van der Waals surface area contributed by atoms with Crippen LogP contribution in [-0.2, 0) is 11.2 Å². The van der Waals surface area contributed by atoms with Gasteiger partial charge in [-0.15, -0.1) is 0 Å². The van der Waals surface area contributed by atoms with Gasteiger partial charge in [-0.05, 0) is 32.4 Å². The molecule has 0 saturated heterocycles. The van der Waals surface area contributed by atoms with Crippen LogP contribution in [0.15, 0.2) is 9.95 Å². The number of amides is 1. The molecule has 1 aromatic heterocycles. The van der Waals surface area contributed by atoms with Gasteiger partial charge in [-0.1, -0.05) is 25.6 Å². The predicted octanol–water partition coefficient (Wildman–Crippen LogP) is 1.89. The number of aromatic amines is 1. The van der Waals surface area contributed by atoms with Crippen molar-refractivity contribution in [3.63, 3.8) is 0 Å². The summed E-state index contributed by atoms with van der Waals surface area (Å²) in [5, 5.41) is 3.54. The number of nitrogens with one attached hydrogen (secondary N) is 2. The van der Waals surface area contributed by atoms with Crippen LogP contribution in [0.25, 0.3) is 0 Å². The molecule has 0 aliphatic heterocycles. The fourth-order valence-corrected chi connectivity index (χ4v) is 2.13. The van der Waals surface area contributed by atoms with Crippen LogP contribution in [0.5, 0.6) is 0 Å². The third kappa shape index (κ3) is 4.67. The van der Waals surface area contributed by atoms with E-state index in [1.165, 1.54) is 11.8 Å². The van der Waals surface area contributed by atoms with Crippen LogP contribution in [0.4, 0.5) is 0 Å². The maximum Gasteiger partial charge on any atom is 0.254 e. The molecule has 5 nitrogen and oxygen atoms in total. The van der Waals surface area contributed by atoms with Crippen LogP contribution >= 0.6 is 11.8 Å². The Labute approximate surface area is 124 Å². The molecular weight excluding hydrogens is 274 g/mol. The highest BCUT2D eigenvalue weighted by molar-refractivity contribution is 7.98. The van der Waals surface area contributed by atoms with Gasteiger partial charge in [-0.25, -0.2) is 4.98 Å². The predicted molar refractivity (Wildman–Crippen MR) is 82.1 cm³/mol. The normalized spacial score (nSPS) is 12.5. The molecule has 0 fully saturated rings. The number of thioether (sulfide) groups is 1. The Morgan fingerprint density at radius 3 is 2.55 bits per heavy atom. The molecular formula is C14H23N3O2S. The highest BCUT2D eigenvalue weighted by atomic mass is 32.2. The first kappa shape index (κ1) is 16.8.